The van der Waals surface area contributed by atoms with Crippen LogP contribution in [-0.2, 0) is 0 Å². The zero-order chi connectivity index (χ0) is 15.7. The standard InChI is InChI=1S/C18H16O4/c1-11-17(19)15-8-7-14(21-3)10-16(15)22-18(11)12-5-4-6-13(9-12)20-2/h4-10H,1-3H3. The lowest BCUT2D eigenvalue weighted by molar-refractivity contribution is 0.414. The third-order valence-electron chi connectivity index (χ3n) is 3.66. The summed E-state index contributed by atoms with van der Waals surface area (Å²) in [6.07, 6.45) is 0. The second kappa shape index (κ2) is 5.56. The molecular formula is C18H16O4. The van der Waals surface area contributed by atoms with Gasteiger partial charge in [0.2, 0.25) is 0 Å². The van der Waals surface area contributed by atoms with E-state index in [2.05, 4.69) is 0 Å². The Morgan fingerprint density at radius 2 is 1.68 bits per heavy atom. The lowest BCUT2D eigenvalue weighted by Crippen LogP contribution is -2.07. The molecule has 0 aliphatic carbocycles. The normalized spacial score (nSPS) is 10.7. The zero-order valence-corrected chi connectivity index (χ0v) is 12.7. The molecule has 0 saturated heterocycles. The highest BCUT2D eigenvalue weighted by Crippen LogP contribution is 2.29. The Bertz CT molecular complexity index is 893. The summed E-state index contributed by atoms with van der Waals surface area (Å²) >= 11 is 0. The Hall–Kier alpha value is -2.75. The van der Waals surface area contributed by atoms with Gasteiger partial charge in [0.1, 0.15) is 22.8 Å². The van der Waals surface area contributed by atoms with Crippen LogP contribution >= 0.6 is 0 Å². The molecule has 0 bridgehead atoms. The Morgan fingerprint density at radius 3 is 2.41 bits per heavy atom. The van der Waals surface area contributed by atoms with Crippen molar-refractivity contribution in [1.29, 1.82) is 0 Å². The number of hydrogen-bond acceptors (Lipinski definition) is 4. The van der Waals surface area contributed by atoms with Crippen LogP contribution in [0.15, 0.2) is 51.7 Å². The van der Waals surface area contributed by atoms with E-state index < -0.39 is 0 Å². The van der Waals surface area contributed by atoms with E-state index in [1.165, 1.54) is 0 Å². The quantitative estimate of drug-likeness (QED) is 0.738. The summed E-state index contributed by atoms with van der Waals surface area (Å²) in [4.78, 5) is 12.5. The van der Waals surface area contributed by atoms with Crippen LogP contribution in [0.5, 0.6) is 11.5 Å². The number of fused-ring (bicyclic) bond motifs is 1. The summed E-state index contributed by atoms with van der Waals surface area (Å²) < 4.78 is 16.4. The molecule has 4 nitrogen and oxygen atoms in total. The largest absolute Gasteiger partial charge is 0.497 e. The molecule has 0 aliphatic rings. The van der Waals surface area contributed by atoms with Crippen LogP contribution in [0.3, 0.4) is 0 Å². The SMILES string of the molecule is COc1cccc(-c2oc3cc(OC)ccc3c(=O)c2C)c1. The summed E-state index contributed by atoms with van der Waals surface area (Å²) in [5, 5.41) is 0.546. The molecule has 22 heavy (non-hydrogen) atoms. The lowest BCUT2D eigenvalue weighted by atomic mass is 10.1. The Kier molecular flexibility index (Phi) is 3.59. The van der Waals surface area contributed by atoms with Crippen LogP contribution < -0.4 is 14.9 Å². The molecule has 0 radical (unpaired) electrons. The van der Waals surface area contributed by atoms with Crippen LogP contribution in [0.4, 0.5) is 0 Å². The monoisotopic (exact) mass is 296 g/mol. The van der Waals surface area contributed by atoms with Gasteiger partial charge in [-0.15, -0.1) is 0 Å². The van der Waals surface area contributed by atoms with Crippen molar-refractivity contribution in [2.24, 2.45) is 0 Å². The maximum atomic E-state index is 12.5. The topological polar surface area (TPSA) is 48.7 Å². The van der Waals surface area contributed by atoms with Gasteiger partial charge in [0, 0.05) is 17.2 Å². The first-order chi connectivity index (χ1) is 10.6. The Labute approximate surface area is 127 Å². The van der Waals surface area contributed by atoms with Crippen molar-refractivity contribution >= 4 is 11.0 Å². The van der Waals surface area contributed by atoms with Crippen LogP contribution in [0, 0.1) is 6.92 Å². The summed E-state index contributed by atoms with van der Waals surface area (Å²) in [6.45, 7) is 1.77. The molecule has 0 spiro atoms. The molecule has 3 rings (SSSR count). The van der Waals surface area contributed by atoms with Crippen LogP contribution in [-0.4, -0.2) is 14.2 Å². The molecule has 1 aromatic heterocycles. The molecule has 2 aromatic carbocycles. The molecule has 0 saturated carbocycles. The number of rotatable bonds is 3. The van der Waals surface area contributed by atoms with E-state index >= 15 is 0 Å². The first-order valence-electron chi connectivity index (χ1n) is 6.90. The fraction of sp³-hybridized carbons (Fsp3) is 0.167. The van der Waals surface area contributed by atoms with E-state index in [0.717, 1.165) is 5.56 Å². The van der Waals surface area contributed by atoms with E-state index in [-0.39, 0.29) is 5.43 Å². The van der Waals surface area contributed by atoms with Crippen molar-refractivity contribution in [3.63, 3.8) is 0 Å². The molecule has 0 aliphatic heterocycles. The van der Waals surface area contributed by atoms with Crippen molar-refractivity contribution in [1.82, 2.24) is 0 Å². The van der Waals surface area contributed by atoms with Gasteiger partial charge in [0.25, 0.3) is 0 Å². The van der Waals surface area contributed by atoms with Crippen molar-refractivity contribution in [2.45, 2.75) is 6.92 Å². The maximum Gasteiger partial charge on any atom is 0.196 e. The predicted molar refractivity (Wildman–Crippen MR) is 85.8 cm³/mol. The third kappa shape index (κ3) is 2.33. The molecule has 0 fully saturated rings. The van der Waals surface area contributed by atoms with Crippen LogP contribution in [0.2, 0.25) is 0 Å². The highest BCUT2D eigenvalue weighted by atomic mass is 16.5. The minimum atomic E-state index is -0.0401. The highest BCUT2D eigenvalue weighted by molar-refractivity contribution is 5.81. The van der Waals surface area contributed by atoms with Crippen LogP contribution in [0.1, 0.15) is 5.56 Å². The number of ether oxygens (including phenoxy) is 2. The second-order valence-corrected chi connectivity index (χ2v) is 4.98. The fourth-order valence-corrected chi connectivity index (χ4v) is 2.43. The molecule has 4 heteroatoms. The van der Waals surface area contributed by atoms with E-state index in [9.17, 15) is 4.79 Å². The van der Waals surface area contributed by atoms with Gasteiger partial charge in [0.05, 0.1) is 19.6 Å². The van der Waals surface area contributed by atoms with Gasteiger partial charge in [-0.2, -0.15) is 0 Å². The average Bonchev–Trinajstić information content (AvgIpc) is 2.57. The Morgan fingerprint density at radius 1 is 0.955 bits per heavy atom. The van der Waals surface area contributed by atoms with Gasteiger partial charge in [-0.1, -0.05) is 12.1 Å². The van der Waals surface area contributed by atoms with Gasteiger partial charge in [-0.25, -0.2) is 0 Å². The highest BCUT2D eigenvalue weighted by Gasteiger charge is 2.13. The second-order valence-electron chi connectivity index (χ2n) is 4.98. The van der Waals surface area contributed by atoms with Crippen molar-refractivity contribution in [3.05, 3.63) is 58.3 Å². The maximum absolute atomic E-state index is 12.5. The predicted octanol–water partition coefficient (Wildman–Crippen LogP) is 3.79. The average molecular weight is 296 g/mol. The number of hydrogen-bond donors (Lipinski definition) is 0. The summed E-state index contributed by atoms with van der Waals surface area (Å²) in [6, 6.07) is 12.6. The third-order valence-corrected chi connectivity index (χ3v) is 3.66. The first kappa shape index (κ1) is 14.2. The van der Waals surface area contributed by atoms with Crippen molar-refractivity contribution in [2.75, 3.05) is 14.2 Å². The molecule has 112 valence electrons. The molecule has 1 heterocycles. The van der Waals surface area contributed by atoms with E-state index in [0.29, 0.717) is 33.8 Å². The molecule has 0 N–H and O–H groups in total. The van der Waals surface area contributed by atoms with Gasteiger partial charge < -0.3 is 13.9 Å². The minimum absolute atomic E-state index is 0.0401. The van der Waals surface area contributed by atoms with E-state index in [1.807, 2.05) is 24.3 Å². The van der Waals surface area contributed by atoms with Crippen molar-refractivity contribution in [3.8, 4) is 22.8 Å². The lowest BCUT2D eigenvalue weighted by Gasteiger charge is -2.09. The molecule has 3 aromatic rings. The smallest absolute Gasteiger partial charge is 0.196 e. The summed E-state index contributed by atoms with van der Waals surface area (Å²) in [7, 11) is 3.18. The molecule has 0 unspecified atom stereocenters. The van der Waals surface area contributed by atoms with Crippen molar-refractivity contribution < 1.29 is 13.9 Å². The molecule has 0 atom stereocenters. The Balaban J connectivity index is 2.29. The number of benzene rings is 2. The summed E-state index contributed by atoms with van der Waals surface area (Å²) in [5.41, 5.74) is 1.85. The minimum Gasteiger partial charge on any atom is -0.497 e. The van der Waals surface area contributed by atoms with Crippen LogP contribution in [0.25, 0.3) is 22.3 Å². The molecule has 0 amide bonds. The van der Waals surface area contributed by atoms with E-state index in [4.69, 9.17) is 13.9 Å². The number of methoxy groups -OCH3 is 2. The van der Waals surface area contributed by atoms with E-state index in [1.54, 1.807) is 39.3 Å². The van der Waals surface area contributed by atoms with Gasteiger partial charge in [0.15, 0.2) is 5.43 Å². The first-order valence-corrected chi connectivity index (χ1v) is 6.90. The van der Waals surface area contributed by atoms with Gasteiger partial charge >= 0.3 is 0 Å². The summed E-state index contributed by atoms with van der Waals surface area (Å²) in [5.74, 6) is 1.91. The fourth-order valence-electron chi connectivity index (χ4n) is 2.43. The van der Waals surface area contributed by atoms with Gasteiger partial charge in [-0.05, 0) is 31.2 Å². The van der Waals surface area contributed by atoms with Gasteiger partial charge in [-0.3, -0.25) is 4.79 Å². The molecular weight excluding hydrogens is 280 g/mol. The zero-order valence-electron chi connectivity index (χ0n) is 12.7.